The first-order valence-electron chi connectivity index (χ1n) is 8.84. The first-order chi connectivity index (χ1) is 13.6. The molecule has 3 aromatic carbocycles. The Morgan fingerprint density at radius 1 is 0.893 bits per heavy atom. The zero-order valence-corrected chi connectivity index (χ0v) is 15.5. The smallest absolute Gasteiger partial charge is 0.351 e. The topological polar surface area (TPSA) is 65.7 Å². The number of ether oxygens (including phenoxy) is 2. The van der Waals surface area contributed by atoms with Crippen molar-refractivity contribution >= 4 is 27.7 Å². The zero-order valence-electron chi connectivity index (χ0n) is 15.5. The number of benzene rings is 3. The van der Waals surface area contributed by atoms with Crippen LogP contribution in [0.4, 0.5) is 0 Å². The van der Waals surface area contributed by atoms with Gasteiger partial charge in [-0.05, 0) is 30.5 Å². The number of fused-ring (bicyclic) bond motifs is 3. The summed E-state index contributed by atoms with van der Waals surface area (Å²) in [5.74, 6) is -0.0594. The van der Waals surface area contributed by atoms with E-state index in [1.165, 1.54) is 7.11 Å². The van der Waals surface area contributed by atoms with E-state index in [9.17, 15) is 9.59 Å². The van der Waals surface area contributed by atoms with E-state index in [4.69, 9.17) is 13.9 Å². The minimum atomic E-state index is -0.922. The van der Waals surface area contributed by atoms with Gasteiger partial charge < -0.3 is 13.9 Å². The quantitative estimate of drug-likeness (QED) is 0.298. The largest absolute Gasteiger partial charge is 0.474 e. The molecule has 1 heterocycles. The van der Waals surface area contributed by atoms with Crippen LogP contribution in [-0.4, -0.2) is 13.1 Å². The van der Waals surface area contributed by atoms with Gasteiger partial charge in [-0.15, -0.1) is 0 Å². The molecule has 1 aromatic heterocycles. The second-order valence-corrected chi connectivity index (χ2v) is 6.43. The summed E-state index contributed by atoms with van der Waals surface area (Å²) in [5, 5.41) is 2.16. The van der Waals surface area contributed by atoms with Gasteiger partial charge in [0.2, 0.25) is 6.10 Å². The highest BCUT2D eigenvalue weighted by Gasteiger charge is 2.25. The molecule has 0 bridgehead atoms. The Morgan fingerprint density at radius 2 is 1.57 bits per heavy atom. The predicted octanol–water partition coefficient (Wildman–Crippen LogP) is 4.55. The van der Waals surface area contributed by atoms with E-state index in [1.54, 1.807) is 37.3 Å². The number of esters is 1. The molecule has 0 fully saturated rings. The van der Waals surface area contributed by atoms with E-state index in [2.05, 4.69) is 0 Å². The van der Waals surface area contributed by atoms with Crippen molar-refractivity contribution in [3.05, 3.63) is 88.3 Å². The molecule has 0 radical (unpaired) electrons. The van der Waals surface area contributed by atoms with Gasteiger partial charge in [-0.1, -0.05) is 48.5 Å². The number of methoxy groups -OCH3 is 1. The van der Waals surface area contributed by atoms with Crippen LogP contribution in [0, 0.1) is 6.92 Å². The number of rotatable bonds is 4. The molecule has 0 amide bonds. The Balaban J connectivity index is 1.85. The van der Waals surface area contributed by atoms with Gasteiger partial charge in [0.25, 0.3) is 0 Å². The van der Waals surface area contributed by atoms with E-state index in [1.807, 2.05) is 36.4 Å². The molecule has 0 saturated carbocycles. The van der Waals surface area contributed by atoms with E-state index in [0.29, 0.717) is 27.8 Å². The molecular weight excluding hydrogens is 356 g/mol. The fourth-order valence-electron chi connectivity index (χ4n) is 3.30. The molecule has 0 saturated heterocycles. The SMILES string of the molecule is COC(=O)C(Oc1ccc2c(oc(=O)c3ccccc32)c1C)c1ccccc1. The Hall–Kier alpha value is -3.60. The Morgan fingerprint density at radius 3 is 2.29 bits per heavy atom. The van der Waals surface area contributed by atoms with Crippen molar-refractivity contribution in [3.63, 3.8) is 0 Å². The highest BCUT2D eigenvalue weighted by atomic mass is 16.6. The fourth-order valence-corrected chi connectivity index (χ4v) is 3.30. The molecule has 0 aliphatic heterocycles. The van der Waals surface area contributed by atoms with Crippen molar-refractivity contribution in [1.29, 1.82) is 0 Å². The summed E-state index contributed by atoms with van der Waals surface area (Å²) in [6.45, 7) is 1.80. The van der Waals surface area contributed by atoms with E-state index in [-0.39, 0.29) is 0 Å². The van der Waals surface area contributed by atoms with Crippen LogP contribution in [0.25, 0.3) is 21.7 Å². The summed E-state index contributed by atoms with van der Waals surface area (Å²) in [6.07, 6.45) is -0.922. The number of hydrogen-bond donors (Lipinski definition) is 0. The highest BCUT2D eigenvalue weighted by molar-refractivity contribution is 6.05. The molecule has 1 atom stereocenters. The molecule has 0 aliphatic carbocycles. The van der Waals surface area contributed by atoms with Crippen LogP contribution in [0.15, 0.2) is 75.9 Å². The lowest BCUT2D eigenvalue weighted by molar-refractivity contribution is -0.149. The molecule has 0 N–H and O–H groups in total. The van der Waals surface area contributed by atoms with Crippen LogP contribution in [0.1, 0.15) is 17.2 Å². The van der Waals surface area contributed by atoms with Crippen LogP contribution in [-0.2, 0) is 9.53 Å². The minimum Gasteiger partial charge on any atom is -0.474 e. The van der Waals surface area contributed by atoms with Gasteiger partial charge in [-0.2, -0.15) is 0 Å². The van der Waals surface area contributed by atoms with Crippen molar-refractivity contribution in [2.45, 2.75) is 13.0 Å². The van der Waals surface area contributed by atoms with Crippen LogP contribution in [0.5, 0.6) is 5.75 Å². The van der Waals surface area contributed by atoms with Gasteiger partial charge in [-0.25, -0.2) is 9.59 Å². The van der Waals surface area contributed by atoms with Crippen molar-refractivity contribution in [1.82, 2.24) is 0 Å². The maximum Gasteiger partial charge on any atom is 0.351 e. The summed E-state index contributed by atoms with van der Waals surface area (Å²) in [6, 6.07) is 20.0. The molecule has 5 nitrogen and oxygen atoms in total. The van der Waals surface area contributed by atoms with Gasteiger partial charge in [0.05, 0.1) is 12.5 Å². The molecule has 1 unspecified atom stereocenters. The lowest BCUT2D eigenvalue weighted by Gasteiger charge is -2.19. The van der Waals surface area contributed by atoms with Crippen LogP contribution in [0.3, 0.4) is 0 Å². The van der Waals surface area contributed by atoms with Gasteiger partial charge in [-0.3, -0.25) is 0 Å². The van der Waals surface area contributed by atoms with Gasteiger partial charge >= 0.3 is 11.6 Å². The summed E-state index contributed by atoms with van der Waals surface area (Å²) < 4.78 is 16.5. The monoisotopic (exact) mass is 374 g/mol. The Labute approximate surface area is 161 Å². The number of hydrogen-bond acceptors (Lipinski definition) is 5. The average molecular weight is 374 g/mol. The van der Waals surface area contributed by atoms with Gasteiger partial charge in [0.1, 0.15) is 11.3 Å². The third-order valence-corrected chi connectivity index (χ3v) is 4.75. The minimum absolute atomic E-state index is 0.407. The lowest BCUT2D eigenvalue weighted by Crippen LogP contribution is -2.20. The molecule has 5 heteroatoms. The molecule has 4 rings (SSSR count). The first-order valence-corrected chi connectivity index (χ1v) is 8.84. The maximum atomic E-state index is 12.4. The van der Waals surface area contributed by atoms with Crippen LogP contribution < -0.4 is 10.4 Å². The molecule has 28 heavy (non-hydrogen) atoms. The zero-order chi connectivity index (χ0) is 19.7. The summed E-state index contributed by atoms with van der Waals surface area (Å²) in [5.41, 5.74) is 1.35. The first kappa shape index (κ1) is 17.8. The van der Waals surface area contributed by atoms with E-state index < -0.39 is 17.7 Å². The van der Waals surface area contributed by atoms with Crippen molar-refractivity contribution in [2.24, 2.45) is 0 Å². The van der Waals surface area contributed by atoms with Crippen LogP contribution >= 0.6 is 0 Å². The number of aryl methyl sites for hydroxylation is 1. The van der Waals surface area contributed by atoms with Crippen molar-refractivity contribution < 1.29 is 18.7 Å². The Bertz CT molecular complexity index is 1220. The van der Waals surface area contributed by atoms with Gasteiger partial charge in [0.15, 0.2) is 0 Å². The maximum absolute atomic E-state index is 12.4. The lowest BCUT2D eigenvalue weighted by atomic mass is 10.0. The summed E-state index contributed by atoms with van der Waals surface area (Å²) in [4.78, 5) is 24.7. The Kier molecular flexibility index (Phi) is 4.57. The van der Waals surface area contributed by atoms with Gasteiger partial charge in [0, 0.05) is 16.5 Å². The average Bonchev–Trinajstić information content (AvgIpc) is 2.74. The predicted molar refractivity (Wildman–Crippen MR) is 107 cm³/mol. The second kappa shape index (κ2) is 7.19. The molecule has 0 spiro atoms. The van der Waals surface area contributed by atoms with Crippen molar-refractivity contribution in [3.8, 4) is 5.75 Å². The van der Waals surface area contributed by atoms with E-state index in [0.717, 1.165) is 10.8 Å². The molecule has 140 valence electrons. The summed E-state index contributed by atoms with van der Waals surface area (Å²) in [7, 11) is 1.32. The second-order valence-electron chi connectivity index (χ2n) is 6.43. The highest BCUT2D eigenvalue weighted by Crippen LogP contribution is 2.33. The third kappa shape index (κ3) is 3.01. The molecule has 4 aromatic rings. The number of carbonyl (C=O) groups excluding carboxylic acids is 1. The molecular formula is C23H18O5. The van der Waals surface area contributed by atoms with Crippen LogP contribution in [0.2, 0.25) is 0 Å². The van der Waals surface area contributed by atoms with Crippen molar-refractivity contribution in [2.75, 3.05) is 7.11 Å². The third-order valence-electron chi connectivity index (χ3n) is 4.75. The number of carbonyl (C=O) groups is 1. The standard InChI is InChI=1S/C23H18O5/c1-14-19(27-21(23(25)26-2)15-8-4-3-5-9-15)13-12-17-16-10-6-7-11-18(16)22(24)28-20(14)17/h3-13,21H,1-2H3. The van der Waals surface area contributed by atoms with E-state index >= 15 is 0 Å². The molecule has 0 aliphatic rings. The summed E-state index contributed by atoms with van der Waals surface area (Å²) >= 11 is 0. The fraction of sp³-hybridized carbons (Fsp3) is 0.130. The normalized spacial score (nSPS) is 12.1.